The summed E-state index contributed by atoms with van der Waals surface area (Å²) in [7, 11) is 0. The van der Waals surface area contributed by atoms with Gasteiger partial charge in [0.15, 0.2) is 5.75 Å². The summed E-state index contributed by atoms with van der Waals surface area (Å²) in [5, 5.41) is 5.18. The van der Waals surface area contributed by atoms with Crippen molar-refractivity contribution in [2.75, 3.05) is 4.81 Å². The second-order valence-corrected chi connectivity index (χ2v) is 11.0. The standard InChI is InChI=1S/C35H21BN2O/c1-20-18-26-24-11-7-15-31-35(24)38(28-13-4-5-14-30(28)39-31)36-27-12-6-10-23-25-17-16-21-8-2-3-9-22(21)33(25)37(34(23)27)29(19-20)32(26)36/h2-19H,1H3. The second kappa shape index (κ2) is 6.72. The summed E-state index contributed by atoms with van der Waals surface area (Å²) >= 11 is 0. The lowest BCUT2D eigenvalue weighted by molar-refractivity contribution is 0.478. The van der Waals surface area contributed by atoms with E-state index < -0.39 is 0 Å². The number of aryl methyl sites for hydroxylation is 1. The molecule has 0 fully saturated rings. The molecule has 0 unspecified atom stereocenters. The lowest BCUT2D eigenvalue weighted by atomic mass is 9.43. The maximum Gasteiger partial charge on any atom is 0.333 e. The molecule has 0 radical (unpaired) electrons. The van der Waals surface area contributed by atoms with Crippen LogP contribution in [0.4, 0.5) is 11.4 Å². The molecule has 6 aromatic carbocycles. The molecule has 0 amide bonds. The number of para-hydroxylation sites is 4. The van der Waals surface area contributed by atoms with Crippen LogP contribution >= 0.6 is 0 Å². The quantitative estimate of drug-likeness (QED) is 0.201. The molecular formula is C35H21BN2O. The van der Waals surface area contributed by atoms with Crippen molar-refractivity contribution in [1.29, 1.82) is 0 Å². The molecule has 39 heavy (non-hydrogen) atoms. The number of anilines is 2. The number of hydrogen-bond acceptors (Lipinski definition) is 2. The SMILES string of the molecule is Cc1cc2c3c(c1)-n1c4c(cccc4c4ccc5ccccc5c41)B3N1c3ccccc3Oc3cccc-2c31. The average molecular weight is 496 g/mol. The topological polar surface area (TPSA) is 17.4 Å². The van der Waals surface area contributed by atoms with E-state index in [4.69, 9.17) is 4.74 Å². The lowest BCUT2D eigenvalue weighted by Gasteiger charge is -2.45. The predicted octanol–water partition coefficient (Wildman–Crippen LogP) is 7.59. The number of hydrogen-bond donors (Lipinski definition) is 0. The van der Waals surface area contributed by atoms with Crippen LogP contribution in [0.3, 0.4) is 0 Å². The fraction of sp³-hybridized carbons (Fsp3) is 0.0286. The molecule has 0 atom stereocenters. The van der Waals surface area contributed by atoms with Gasteiger partial charge in [0.1, 0.15) is 5.75 Å². The minimum Gasteiger partial charge on any atom is -0.453 e. The van der Waals surface area contributed by atoms with Crippen LogP contribution in [-0.2, 0) is 0 Å². The molecule has 3 aliphatic rings. The van der Waals surface area contributed by atoms with Crippen LogP contribution in [0.1, 0.15) is 5.56 Å². The Morgan fingerprint density at radius 2 is 1.41 bits per heavy atom. The summed E-state index contributed by atoms with van der Waals surface area (Å²) in [5.41, 5.74) is 12.7. The first kappa shape index (κ1) is 20.1. The second-order valence-electron chi connectivity index (χ2n) is 11.0. The highest BCUT2D eigenvalue weighted by Crippen LogP contribution is 2.54. The van der Waals surface area contributed by atoms with E-state index >= 15 is 0 Å². The Morgan fingerprint density at radius 3 is 2.38 bits per heavy atom. The zero-order chi connectivity index (χ0) is 25.4. The first-order valence-electron chi connectivity index (χ1n) is 13.6. The monoisotopic (exact) mass is 496 g/mol. The van der Waals surface area contributed by atoms with Gasteiger partial charge in [-0.1, -0.05) is 84.9 Å². The Balaban J connectivity index is 1.46. The van der Waals surface area contributed by atoms with Crippen LogP contribution in [0.2, 0.25) is 0 Å². The van der Waals surface area contributed by atoms with Crippen LogP contribution < -0.4 is 20.5 Å². The molecular weight excluding hydrogens is 475 g/mol. The van der Waals surface area contributed by atoms with E-state index in [1.807, 2.05) is 0 Å². The van der Waals surface area contributed by atoms with Crippen LogP contribution in [0.15, 0.2) is 109 Å². The normalized spacial score (nSPS) is 13.9. The predicted molar refractivity (Wildman–Crippen MR) is 162 cm³/mol. The Labute approximate surface area is 225 Å². The molecule has 10 rings (SSSR count). The molecule has 0 bridgehead atoms. The maximum absolute atomic E-state index is 6.50. The van der Waals surface area contributed by atoms with Gasteiger partial charge in [0.25, 0.3) is 0 Å². The van der Waals surface area contributed by atoms with Gasteiger partial charge >= 0.3 is 6.85 Å². The van der Waals surface area contributed by atoms with Gasteiger partial charge in [-0.15, -0.1) is 0 Å². The van der Waals surface area contributed by atoms with E-state index in [0.29, 0.717) is 0 Å². The van der Waals surface area contributed by atoms with E-state index in [-0.39, 0.29) is 6.85 Å². The van der Waals surface area contributed by atoms with E-state index in [9.17, 15) is 0 Å². The Hall–Kier alpha value is -4.96. The molecule has 4 heterocycles. The smallest absolute Gasteiger partial charge is 0.333 e. The minimum atomic E-state index is 0.0427. The highest BCUT2D eigenvalue weighted by Gasteiger charge is 2.46. The number of fused-ring (bicyclic) bond motifs is 11. The fourth-order valence-electron chi connectivity index (χ4n) is 7.53. The molecule has 0 saturated carbocycles. The van der Waals surface area contributed by atoms with Crippen molar-refractivity contribution < 1.29 is 4.74 Å². The third-order valence-corrected chi connectivity index (χ3v) is 8.95. The molecule has 0 saturated heterocycles. The van der Waals surface area contributed by atoms with Crippen LogP contribution in [0.5, 0.6) is 11.5 Å². The highest BCUT2D eigenvalue weighted by molar-refractivity contribution is 6.93. The van der Waals surface area contributed by atoms with Crippen molar-refractivity contribution in [3.05, 3.63) is 115 Å². The van der Waals surface area contributed by atoms with Crippen molar-refractivity contribution in [1.82, 2.24) is 4.57 Å². The van der Waals surface area contributed by atoms with Crippen molar-refractivity contribution in [2.45, 2.75) is 6.92 Å². The van der Waals surface area contributed by atoms with Gasteiger partial charge in [-0.2, -0.15) is 0 Å². The number of ether oxygens (including phenoxy) is 1. The van der Waals surface area contributed by atoms with Gasteiger partial charge < -0.3 is 14.1 Å². The zero-order valence-electron chi connectivity index (χ0n) is 21.3. The van der Waals surface area contributed by atoms with Crippen molar-refractivity contribution in [3.63, 3.8) is 0 Å². The van der Waals surface area contributed by atoms with Crippen LogP contribution in [0.25, 0.3) is 49.4 Å². The van der Waals surface area contributed by atoms with Gasteiger partial charge in [0.05, 0.1) is 22.4 Å². The largest absolute Gasteiger partial charge is 0.453 e. The van der Waals surface area contributed by atoms with Crippen molar-refractivity contribution in [3.8, 4) is 28.3 Å². The number of nitrogens with zero attached hydrogens (tertiary/aromatic N) is 2. The summed E-state index contributed by atoms with van der Waals surface area (Å²) in [4.78, 5) is 2.54. The molecule has 0 aliphatic carbocycles. The summed E-state index contributed by atoms with van der Waals surface area (Å²) < 4.78 is 9.06. The summed E-state index contributed by atoms with van der Waals surface area (Å²) in [5.74, 6) is 1.83. The maximum atomic E-state index is 6.50. The van der Waals surface area contributed by atoms with Crippen LogP contribution in [0, 0.1) is 6.92 Å². The fourth-order valence-corrected chi connectivity index (χ4v) is 7.53. The Bertz CT molecular complexity index is 2240. The van der Waals surface area contributed by atoms with E-state index in [2.05, 4.69) is 125 Å². The molecule has 4 heteroatoms. The average Bonchev–Trinajstić information content (AvgIpc) is 3.32. The van der Waals surface area contributed by atoms with Crippen molar-refractivity contribution in [2.24, 2.45) is 0 Å². The lowest BCUT2D eigenvalue weighted by Crippen LogP contribution is -2.61. The highest BCUT2D eigenvalue weighted by atomic mass is 16.5. The van der Waals surface area contributed by atoms with Crippen molar-refractivity contribution >= 4 is 61.7 Å². The third-order valence-electron chi connectivity index (χ3n) is 8.95. The third kappa shape index (κ3) is 2.29. The van der Waals surface area contributed by atoms with Gasteiger partial charge in [0.2, 0.25) is 0 Å². The number of rotatable bonds is 0. The van der Waals surface area contributed by atoms with Gasteiger partial charge in [-0.3, -0.25) is 0 Å². The molecule has 1 aromatic heterocycles. The van der Waals surface area contributed by atoms with E-state index in [1.165, 1.54) is 65.9 Å². The molecule has 0 N–H and O–H groups in total. The molecule has 180 valence electrons. The Morgan fingerprint density at radius 1 is 0.615 bits per heavy atom. The van der Waals surface area contributed by atoms with E-state index in [0.717, 1.165) is 22.9 Å². The molecule has 0 spiro atoms. The number of benzene rings is 6. The van der Waals surface area contributed by atoms with E-state index in [1.54, 1.807) is 0 Å². The van der Waals surface area contributed by atoms with Gasteiger partial charge in [0, 0.05) is 27.4 Å². The molecule has 7 aromatic rings. The zero-order valence-corrected chi connectivity index (χ0v) is 21.3. The number of aromatic nitrogens is 1. The first-order valence-corrected chi connectivity index (χ1v) is 13.6. The minimum absolute atomic E-state index is 0.0427. The van der Waals surface area contributed by atoms with Gasteiger partial charge in [-0.25, -0.2) is 0 Å². The van der Waals surface area contributed by atoms with Gasteiger partial charge in [-0.05, 0) is 58.6 Å². The summed E-state index contributed by atoms with van der Waals surface area (Å²) in [6.45, 7) is 2.27. The summed E-state index contributed by atoms with van der Waals surface area (Å²) in [6.07, 6.45) is 0. The first-order chi connectivity index (χ1) is 19.3. The molecule has 3 nitrogen and oxygen atoms in total. The Kier molecular flexibility index (Phi) is 3.46. The van der Waals surface area contributed by atoms with Crippen LogP contribution in [-0.4, -0.2) is 11.4 Å². The molecule has 3 aliphatic heterocycles. The summed E-state index contributed by atoms with van der Waals surface area (Å²) in [6, 6.07) is 40.0.